The number of hydrogen-bond donors (Lipinski definition) is 0. The molecule has 23 heavy (non-hydrogen) atoms. The van der Waals surface area contributed by atoms with Crippen LogP contribution in [0, 0.1) is 6.92 Å². The van der Waals surface area contributed by atoms with Crippen molar-refractivity contribution in [2.75, 3.05) is 0 Å². The Bertz CT molecular complexity index is 952. The molecule has 9 heteroatoms. The van der Waals surface area contributed by atoms with E-state index in [-0.39, 0.29) is 0 Å². The summed E-state index contributed by atoms with van der Waals surface area (Å²) in [6.07, 6.45) is 5.94. The predicted octanol–water partition coefficient (Wildman–Crippen LogP) is 2.22. The van der Waals surface area contributed by atoms with Crippen molar-refractivity contribution in [1.82, 2.24) is 39.6 Å². The van der Waals surface area contributed by atoms with Crippen LogP contribution in [-0.2, 0) is 6.54 Å². The van der Waals surface area contributed by atoms with Gasteiger partial charge in [0.25, 0.3) is 0 Å². The average Bonchev–Trinajstić information content (AvgIpc) is 3.23. The lowest BCUT2D eigenvalue weighted by atomic mass is 10.4. The van der Waals surface area contributed by atoms with E-state index in [0.29, 0.717) is 16.5 Å². The maximum absolute atomic E-state index is 4.62. The smallest absolute Gasteiger partial charge is 0.235 e. The van der Waals surface area contributed by atoms with Crippen LogP contribution >= 0.6 is 11.3 Å². The Morgan fingerprint density at radius 1 is 1.13 bits per heavy atom. The van der Waals surface area contributed by atoms with Crippen LogP contribution in [0.3, 0.4) is 0 Å². The fourth-order valence-electron chi connectivity index (χ4n) is 2.35. The molecule has 0 bridgehead atoms. The van der Waals surface area contributed by atoms with Gasteiger partial charge < -0.3 is 0 Å². The van der Waals surface area contributed by atoms with Crippen LogP contribution in [0.1, 0.15) is 19.0 Å². The molecule has 8 nitrogen and oxygen atoms in total. The number of hydrogen-bond acceptors (Lipinski definition) is 7. The van der Waals surface area contributed by atoms with Crippen molar-refractivity contribution in [2.45, 2.75) is 26.8 Å². The van der Waals surface area contributed by atoms with Crippen molar-refractivity contribution in [3.05, 3.63) is 30.4 Å². The lowest BCUT2D eigenvalue weighted by Gasteiger charge is -1.99. The van der Waals surface area contributed by atoms with E-state index >= 15 is 0 Å². The highest BCUT2D eigenvalue weighted by atomic mass is 32.1. The van der Waals surface area contributed by atoms with Crippen molar-refractivity contribution < 1.29 is 0 Å². The molecular weight excluding hydrogens is 312 g/mol. The van der Waals surface area contributed by atoms with Crippen LogP contribution in [0.4, 0.5) is 0 Å². The monoisotopic (exact) mass is 326 g/mol. The van der Waals surface area contributed by atoms with Gasteiger partial charge in [0.05, 0.1) is 6.20 Å². The van der Waals surface area contributed by atoms with E-state index in [1.54, 1.807) is 23.1 Å². The summed E-state index contributed by atoms with van der Waals surface area (Å²) in [5, 5.41) is 18.4. The van der Waals surface area contributed by atoms with Gasteiger partial charge in [0.15, 0.2) is 5.01 Å². The SMILES string of the molecule is CCCn1nc(-c2nn3c(-c4cnccn4)nnc3s2)cc1C. The molecule has 0 saturated carbocycles. The van der Waals surface area contributed by atoms with Crippen LogP contribution in [-0.4, -0.2) is 39.6 Å². The van der Waals surface area contributed by atoms with E-state index in [1.807, 2.05) is 10.7 Å². The number of nitrogens with zero attached hydrogens (tertiary/aromatic N) is 8. The zero-order chi connectivity index (χ0) is 15.8. The molecular formula is C14H14N8S. The van der Waals surface area contributed by atoms with E-state index in [4.69, 9.17) is 0 Å². The summed E-state index contributed by atoms with van der Waals surface area (Å²) in [6.45, 7) is 5.09. The lowest BCUT2D eigenvalue weighted by molar-refractivity contribution is 0.588. The Labute approximate surface area is 135 Å². The second-order valence-electron chi connectivity index (χ2n) is 5.11. The molecule has 0 radical (unpaired) electrons. The van der Waals surface area contributed by atoms with E-state index in [1.165, 1.54) is 11.3 Å². The summed E-state index contributed by atoms with van der Waals surface area (Å²) < 4.78 is 3.69. The van der Waals surface area contributed by atoms with Crippen LogP contribution < -0.4 is 0 Å². The van der Waals surface area contributed by atoms with Gasteiger partial charge in [-0.1, -0.05) is 18.3 Å². The lowest BCUT2D eigenvalue weighted by Crippen LogP contribution is -2.00. The number of rotatable bonds is 4. The molecule has 4 heterocycles. The second kappa shape index (κ2) is 5.51. The van der Waals surface area contributed by atoms with E-state index < -0.39 is 0 Å². The average molecular weight is 326 g/mol. The maximum Gasteiger partial charge on any atom is 0.235 e. The topological polar surface area (TPSA) is 86.7 Å². The molecule has 0 aromatic carbocycles. The van der Waals surface area contributed by atoms with Crippen LogP contribution in [0.15, 0.2) is 24.7 Å². The van der Waals surface area contributed by atoms with Crippen molar-refractivity contribution in [1.29, 1.82) is 0 Å². The van der Waals surface area contributed by atoms with Crippen LogP contribution in [0.2, 0.25) is 0 Å². The Hall–Kier alpha value is -2.68. The van der Waals surface area contributed by atoms with E-state index in [9.17, 15) is 0 Å². The molecule has 0 unspecified atom stereocenters. The Balaban J connectivity index is 1.78. The maximum atomic E-state index is 4.62. The summed E-state index contributed by atoms with van der Waals surface area (Å²) in [7, 11) is 0. The fraction of sp³-hybridized carbons (Fsp3) is 0.286. The third kappa shape index (κ3) is 2.38. The zero-order valence-electron chi connectivity index (χ0n) is 12.7. The molecule has 116 valence electrons. The minimum atomic E-state index is 0.584. The largest absolute Gasteiger partial charge is 0.269 e. The van der Waals surface area contributed by atoms with Crippen LogP contribution in [0.5, 0.6) is 0 Å². The van der Waals surface area contributed by atoms with Crippen molar-refractivity contribution >= 4 is 16.3 Å². The molecule has 0 aliphatic carbocycles. The van der Waals surface area contributed by atoms with Crippen molar-refractivity contribution in [3.8, 4) is 22.2 Å². The quantitative estimate of drug-likeness (QED) is 0.571. The van der Waals surface area contributed by atoms with Gasteiger partial charge >= 0.3 is 0 Å². The first kappa shape index (κ1) is 13.9. The normalized spacial score (nSPS) is 11.4. The summed E-state index contributed by atoms with van der Waals surface area (Å²) in [6, 6.07) is 2.04. The molecule has 4 rings (SSSR count). The highest BCUT2D eigenvalue weighted by Gasteiger charge is 2.17. The van der Waals surface area contributed by atoms with Crippen molar-refractivity contribution in [2.24, 2.45) is 0 Å². The van der Waals surface area contributed by atoms with Gasteiger partial charge in [0.2, 0.25) is 10.8 Å². The first-order valence-corrected chi connectivity index (χ1v) is 8.11. The molecule has 0 N–H and O–H groups in total. The van der Waals surface area contributed by atoms with Gasteiger partial charge in [0.1, 0.15) is 11.4 Å². The Morgan fingerprint density at radius 2 is 2.04 bits per heavy atom. The van der Waals surface area contributed by atoms with Crippen LogP contribution in [0.25, 0.3) is 27.2 Å². The first-order chi connectivity index (χ1) is 11.3. The summed E-state index contributed by atoms with van der Waals surface area (Å²) >= 11 is 1.46. The fourth-order valence-corrected chi connectivity index (χ4v) is 3.14. The van der Waals surface area contributed by atoms with E-state index in [2.05, 4.69) is 44.2 Å². The summed E-state index contributed by atoms with van der Waals surface area (Å²) in [4.78, 5) is 9.03. The standard InChI is InChI=1S/C14H14N8S/c1-3-6-21-9(2)7-10(19-21)13-20-22-12(17-18-14(22)23-13)11-8-15-4-5-16-11/h4-5,7-8H,3,6H2,1-2H3. The highest BCUT2D eigenvalue weighted by molar-refractivity contribution is 7.19. The zero-order valence-corrected chi connectivity index (χ0v) is 13.5. The van der Waals surface area contributed by atoms with Gasteiger partial charge in [0, 0.05) is 24.6 Å². The Kier molecular flexibility index (Phi) is 3.34. The molecule has 0 fully saturated rings. The van der Waals surface area contributed by atoms with Gasteiger partial charge in [-0.15, -0.1) is 10.2 Å². The minimum Gasteiger partial charge on any atom is -0.269 e. The second-order valence-corrected chi connectivity index (χ2v) is 6.07. The molecule has 0 saturated heterocycles. The highest BCUT2D eigenvalue weighted by Crippen LogP contribution is 2.27. The number of aromatic nitrogens is 8. The Morgan fingerprint density at radius 3 is 2.83 bits per heavy atom. The molecule has 0 aliphatic heterocycles. The molecule has 4 aromatic rings. The van der Waals surface area contributed by atoms with E-state index in [0.717, 1.165) is 29.4 Å². The molecule has 0 aliphatic rings. The molecule has 0 amide bonds. The molecule has 0 spiro atoms. The third-order valence-electron chi connectivity index (χ3n) is 3.42. The summed E-state index contributed by atoms with van der Waals surface area (Å²) in [5.74, 6) is 0.584. The summed E-state index contributed by atoms with van der Waals surface area (Å²) in [5.41, 5.74) is 2.63. The van der Waals surface area contributed by atoms with Gasteiger partial charge in [-0.3, -0.25) is 9.67 Å². The molecule has 4 aromatic heterocycles. The third-order valence-corrected chi connectivity index (χ3v) is 4.34. The van der Waals surface area contributed by atoms with Gasteiger partial charge in [-0.25, -0.2) is 4.98 Å². The molecule has 0 atom stereocenters. The van der Waals surface area contributed by atoms with Gasteiger partial charge in [-0.2, -0.15) is 14.7 Å². The predicted molar refractivity (Wildman–Crippen MR) is 85.9 cm³/mol. The van der Waals surface area contributed by atoms with Crippen molar-refractivity contribution in [3.63, 3.8) is 0 Å². The van der Waals surface area contributed by atoms with Gasteiger partial charge in [-0.05, 0) is 19.4 Å². The number of fused-ring (bicyclic) bond motifs is 1. The number of aryl methyl sites for hydroxylation is 2. The minimum absolute atomic E-state index is 0.584. The first-order valence-electron chi connectivity index (χ1n) is 7.29.